The van der Waals surface area contributed by atoms with E-state index in [-0.39, 0.29) is 5.78 Å². The largest absolute Gasteiger partial charge is 0.381 e. The van der Waals surface area contributed by atoms with Crippen LogP contribution in [0.1, 0.15) is 67.4 Å². The SMILES string of the molecule is C/C=C\CCCCOCCCC(=O)c1ccc(CC)cc1C. The molecule has 122 valence electrons. The standard InChI is InChI=1S/C20H30O2/c1-4-6-7-8-9-14-22-15-10-11-20(21)19-13-12-18(5-2)16-17(19)3/h4,6,12-13,16H,5,7-11,14-15H2,1-3H3/b6-4-. The molecule has 1 rings (SSSR count). The van der Waals surface area contributed by atoms with Gasteiger partial charge in [-0.25, -0.2) is 0 Å². The summed E-state index contributed by atoms with van der Waals surface area (Å²) in [6.45, 7) is 7.68. The second-order valence-corrected chi connectivity index (χ2v) is 5.71. The van der Waals surface area contributed by atoms with Crippen LogP contribution in [0.2, 0.25) is 0 Å². The maximum atomic E-state index is 12.2. The average molecular weight is 302 g/mol. The van der Waals surface area contributed by atoms with Crippen LogP contribution in [0.15, 0.2) is 30.4 Å². The molecule has 0 fully saturated rings. The maximum Gasteiger partial charge on any atom is 0.163 e. The quantitative estimate of drug-likeness (QED) is 0.316. The summed E-state index contributed by atoms with van der Waals surface area (Å²) in [6.07, 6.45) is 10.1. The van der Waals surface area contributed by atoms with E-state index in [1.165, 1.54) is 12.0 Å². The molecule has 1 aromatic carbocycles. The zero-order chi connectivity index (χ0) is 16.2. The van der Waals surface area contributed by atoms with Gasteiger partial charge in [-0.2, -0.15) is 0 Å². The first-order valence-electron chi connectivity index (χ1n) is 8.50. The summed E-state index contributed by atoms with van der Waals surface area (Å²) in [7, 11) is 0. The van der Waals surface area contributed by atoms with Crippen LogP contribution in [-0.4, -0.2) is 19.0 Å². The van der Waals surface area contributed by atoms with E-state index in [2.05, 4.69) is 31.2 Å². The van der Waals surface area contributed by atoms with Crippen LogP contribution in [0.5, 0.6) is 0 Å². The Morgan fingerprint density at radius 2 is 1.95 bits per heavy atom. The zero-order valence-electron chi connectivity index (χ0n) is 14.4. The number of ketones is 1. The predicted molar refractivity (Wildman–Crippen MR) is 93.6 cm³/mol. The van der Waals surface area contributed by atoms with Gasteiger partial charge in [0.25, 0.3) is 0 Å². The third kappa shape index (κ3) is 7.04. The molecule has 0 bridgehead atoms. The summed E-state index contributed by atoms with van der Waals surface area (Å²) < 4.78 is 5.59. The minimum absolute atomic E-state index is 0.233. The molecule has 0 radical (unpaired) electrons. The van der Waals surface area contributed by atoms with Crippen molar-refractivity contribution in [3.05, 3.63) is 47.0 Å². The van der Waals surface area contributed by atoms with Gasteiger partial charge in [0.05, 0.1) is 0 Å². The normalized spacial score (nSPS) is 11.2. The Labute approximate surface area is 135 Å². The number of carbonyl (C=O) groups is 1. The van der Waals surface area contributed by atoms with Crippen molar-refractivity contribution in [3.8, 4) is 0 Å². The van der Waals surface area contributed by atoms with E-state index in [0.29, 0.717) is 13.0 Å². The lowest BCUT2D eigenvalue weighted by molar-refractivity contribution is 0.0933. The summed E-state index contributed by atoms with van der Waals surface area (Å²) in [5.41, 5.74) is 3.24. The van der Waals surface area contributed by atoms with Crippen molar-refractivity contribution in [2.75, 3.05) is 13.2 Å². The van der Waals surface area contributed by atoms with Gasteiger partial charge in [-0.3, -0.25) is 4.79 Å². The molecule has 0 saturated carbocycles. The Hall–Kier alpha value is -1.41. The van der Waals surface area contributed by atoms with E-state index in [0.717, 1.165) is 43.4 Å². The van der Waals surface area contributed by atoms with Crippen LogP contribution in [0, 0.1) is 6.92 Å². The van der Waals surface area contributed by atoms with E-state index in [9.17, 15) is 4.79 Å². The number of hydrogen-bond donors (Lipinski definition) is 0. The van der Waals surface area contributed by atoms with Crippen molar-refractivity contribution >= 4 is 5.78 Å². The van der Waals surface area contributed by atoms with Crippen LogP contribution >= 0.6 is 0 Å². The van der Waals surface area contributed by atoms with Crippen molar-refractivity contribution < 1.29 is 9.53 Å². The number of aryl methyl sites for hydroxylation is 2. The van der Waals surface area contributed by atoms with Gasteiger partial charge >= 0.3 is 0 Å². The van der Waals surface area contributed by atoms with E-state index in [4.69, 9.17) is 4.74 Å². The molecule has 1 aromatic rings. The van der Waals surface area contributed by atoms with Gasteiger partial charge < -0.3 is 4.74 Å². The number of Topliss-reactive ketones (excluding diaryl/α,β-unsaturated/α-hetero) is 1. The van der Waals surface area contributed by atoms with Gasteiger partial charge in [0.1, 0.15) is 0 Å². The molecule has 0 N–H and O–H groups in total. The molecule has 22 heavy (non-hydrogen) atoms. The number of benzene rings is 1. The first-order chi connectivity index (χ1) is 10.7. The summed E-state index contributed by atoms with van der Waals surface area (Å²) >= 11 is 0. The molecule has 0 unspecified atom stereocenters. The van der Waals surface area contributed by atoms with Crippen LogP contribution < -0.4 is 0 Å². The van der Waals surface area contributed by atoms with E-state index in [1.54, 1.807) is 0 Å². The van der Waals surface area contributed by atoms with Crippen LogP contribution in [0.25, 0.3) is 0 Å². The van der Waals surface area contributed by atoms with E-state index >= 15 is 0 Å². The molecular formula is C20H30O2. The monoisotopic (exact) mass is 302 g/mol. The fourth-order valence-corrected chi connectivity index (χ4v) is 2.46. The van der Waals surface area contributed by atoms with Crippen LogP contribution in [0.3, 0.4) is 0 Å². The minimum Gasteiger partial charge on any atom is -0.381 e. The molecule has 0 heterocycles. The van der Waals surface area contributed by atoms with Gasteiger partial charge in [0.2, 0.25) is 0 Å². The highest BCUT2D eigenvalue weighted by Gasteiger charge is 2.09. The van der Waals surface area contributed by atoms with Crippen molar-refractivity contribution in [3.63, 3.8) is 0 Å². The topological polar surface area (TPSA) is 26.3 Å². The Morgan fingerprint density at radius 1 is 1.18 bits per heavy atom. The highest BCUT2D eigenvalue weighted by atomic mass is 16.5. The number of allylic oxidation sites excluding steroid dienone is 2. The van der Waals surface area contributed by atoms with Gasteiger partial charge in [-0.15, -0.1) is 0 Å². The molecule has 0 aliphatic carbocycles. The number of unbranched alkanes of at least 4 members (excludes halogenated alkanes) is 2. The molecule has 0 atom stereocenters. The summed E-state index contributed by atoms with van der Waals surface area (Å²) in [5, 5.41) is 0. The summed E-state index contributed by atoms with van der Waals surface area (Å²) in [4.78, 5) is 12.2. The Bertz CT molecular complexity index is 475. The lowest BCUT2D eigenvalue weighted by Crippen LogP contribution is -2.05. The minimum atomic E-state index is 0.233. The summed E-state index contributed by atoms with van der Waals surface area (Å²) in [6, 6.07) is 6.15. The Kier molecular flexibility index (Phi) is 9.49. The first-order valence-corrected chi connectivity index (χ1v) is 8.50. The van der Waals surface area contributed by atoms with Crippen molar-refractivity contribution in [2.24, 2.45) is 0 Å². The molecule has 0 aliphatic rings. The van der Waals surface area contributed by atoms with Crippen molar-refractivity contribution in [1.29, 1.82) is 0 Å². The molecule has 0 amide bonds. The van der Waals surface area contributed by atoms with Gasteiger partial charge in [-0.1, -0.05) is 37.3 Å². The molecule has 0 saturated heterocycles. The van der Waals surface area contributed by atoms with Gasteiger partial charge in [0, 0.05) is 25.2 Å². The third-order valence-corrected chi connectivity index (χ3v) is 3.84. The third-order valence-electron chi connectivity index (χ3n) is 3.84. The van der Waals surface area contributed by atoms with Crippen molar-refractivity contribution in [2.45, 2.75) is 59.3 Å². The lowest BCUT2D eigenvalue weighted by atomic mass is 9.98. The van der Waals surface area contributed by atoms with Gasteiger partial charge in [0.15, 0.2) is 5.78 Å². The second-order valence-electron chi connectivity index (χ2n) is 5.71. The van der Waals surface area contributed by atoms with Crippen LogP contribution in [0.4, 0.5) is 0 Å². The highest BCUT2D eigenvalue weighted by Crippen LogP contribution is 2.14. The van der Waals surface area contributed by atoms with E-state index < -0.39 is 0 Å². The molecule has 0 aromatic heterocycles. The smallest absolute Gasteiger partial charge is 0.163 e. The molecular weight excluding hydrogens is 272 g/mol. The number of rotatable bonds is 11. The Morgan fingerprint density at radius 3 is 2.64 bits per heavy atom. The fourth-order valence-electron chi connectivity index (χ4n) is 2.46. The first kappa shape index (κ1) is 18.6. The maximum absolute atomic E-state index is 12.2. The molecule has 0 spiro atoms. The average Bonchev–Trinajstić information content (AvgIpc) is 2.52. The number of hydrogen-bond acceptors (Lipinski definition) is 2. The molecule has 2 nitrogen and oxygen atoms in total. The fraction of sp³-hybridized carbons (Fsp3) is 0.550. The highest BCUT2D eigenvalue weighted by molar-refractivity contribution is 5.97. The van der Waals surface area contributed by atoms with E-state index in [1.807, 2.05) is 19.9 Å². The molecule has 0 aliphatic heterocycles. The predicted octanol–water partition coefficient (Wildman–Crippen LogP) is 5.28. The van der Waals surface area contributed by atoms with Crippen LogP contribution in [-0.2, 0) is 11.2 Å². The number of carbonyl (C=O) groups excluding carboxylic acids is 1. The van der Waals surface area contributed by atoms with Crippen molar-refractivity contribution in [1.82, 2.24) is 0 Å². The molecule has 2 heteroatoms. The van der Waals surface area contributed by atoms with Gasteiger partial charge in [-0.05, 0) is 57.1 Å². The second kappa shape index (κ2) is 11.2. The Balaban J connectivity index is 2.18. The zero-order valence-corrected chi connectivity index (χ0v) is 14.4. The summed E-state index contributed by atoms with van der Waals surface area (Å²) in [5.74, 6) is 0.233. The number of ether oxygens (including phenoxy) is 1. The lowest BCUT2D eigenvalue weighted by Gasteiger charge is -2.07.